The van der Waals surface area contributed by atoms with Gasteiger partial charge >= 0.3 is 0 Å². The molecule has 0 N–H and O–H groups in total. The lowest BCUT2D eigenvalue weighted by Gasteiger charge is -2.14. The van der Waals surface area contributed by atoms with Gasteiger partial charge in [0.1, 0.15) is 6.61 Å². The molecule has 0 radical (unpaired) electrons. The largest absolute Gasteiger partial charge is 0.489 e. The van der Waals surface area contributed by atoms with Crippen molar-refractivity contribution in [2.45, 2.75) is 6.54 Å². The molecule has 25 heavy (non-hydrogen) atoms. The Morgan fingerprint density at radius 1 is 1.12 bits per heavy atom. The third-order valence-electron chi connectivity index (χ3n) is 3.54. The molecule has 130 valence electrons. The summed E-state index contributed by atoms with van der Waals surface area (Å²) in [4.78, 5) is 1.95. The third kappa shape index (κ3) is 4.55. The zero-order chi connectivity index (χ0) is 17.6. The predicted molar refractivity (Wildman–Crippen MR) is 93.0 cm³/mol. The van der Waals surface area contributed by atoms with E-state index in [0.29, 0.717) is 42.1 Å². The van der Waals surface area contributed by atoms with Crippen LogP contribution < -0.4 is 4.74 Å². The highest BCUT2D eigenvalue weighted by Crippen LogP contribution is 2.26. The summed E-state index contributed by atoms with van der Waals surface area (Å²) >= 11 is 6.13. The molecule has 1 aromatic heterocycles. The molecular formula is C18H17ClFN3O2. The molecule has 1 heterocycles. The van der Waals surface area contributed by atoms with Crippen molar-refractivity contribution in [2.24, 2.45) is 0 Å². The highest BCUT2D eigenvalue weighted by molar-refractivity contribution is 6.33. The normalized spacial score (nSPS) is 11.0. The number of para-hydroxylation sites is 1. The first kappa shape index (κ1) is 17.4. The van der Waals surface area contributed by atoms with Crippen LogP contribution in [0.1, 0.15) is 5.89 Å². The number of hydrogen-bond acceptors (Lipinski definition) is 5. The second-order valence-corrected chi connectivity index (χ2v) is 5.90. The van der Waals surface area contributed by atoms with E-state index in [4.69, 9.17) is 20.8 Å². The number of halogens is 2. The van der Waals surface area contributed by atoms with E-state index in [1.54, 1.807) is 24.3 Å². The summed E-state index contributed by atoms with van der Waals surface area (Å²) in [5.41, 5.74) is 0.702. The van der Waals surface area contributed by atoms with E-state index in [-0.39, 0.29) is 11.6 Å². The van der Waals surface area contributed by atoms with Gasteiger partial charge in [-0.05, 0) is 31.3 Å². The van der Waals surface area contributed by atoms with Crippen LogP contribution in [0.5, 0.6) is 5.75 Å². The fourth-order valence-corrected chi connectivity index (χ4v) is 2.46. The summed E-state index contributed by atoms with van der Waals surface area (Å²) in [6.45, 7) is 1.39. The lowest BCUT2D eigenvalue weighted by Crippen LogP contribution is -2.24. The van der Waals surface area contributed by atoms with Gasteiger partial charge in [0.2, 0.25) is 11.8 Å². The molecule has 0 unspecified atom stereocenters. The molecular weight excluding hydrogens is 345 g/mol. The maximum Gasteiger partial charge on any atom is 0.249 e. The summed E-state index contributed by atoms with van der Waals surface area (Å²) in [6, 6.07) is 13.6. The Labute approximate surface area is 150 Å². The van der Waals surface area contributed by atoms with Gasteiger partial charge < -0.3 is 9.15 Å². The number of likely N-dealkylation sites (N-methyl/N-ethyl adjacent to an activating group) is 1. The lowest BCUT2D eigenvalue weighted by molar-refractivity contribution is 0.215. The van der Waals surface area contributed by atoms with E-state index in [9.17, 15) is 4.39 Å². The van der Waals surface area contributed by atoms with Crippen molar-refractivity contribution in [3.8, 4) is 17.2 Å². The summed E-state index contributed by atoms with van der Waals surface area (Å²) in [7, 11) is 1.89. The Morgan fingerprint density at radius 3 is 2.68 bits per heavy atom. The van der Waals surface area contributed by atoms with Crippen LogP contribution in [0.15, 0.2) is 52.9 Å². The molecule has 0 aliphatic carbocycles. The molecule has 0 saturated heterocycles. The van der Waals surface area contributed by atoms with Crippen molar-refractivity contribution in [1.29, 1.82) is 0 Å². The van der Waals surface area contributed by atoms with Crippen LogP contribution in [0.4, 0.5) is 4.39 Å². The number of benzene rings is 2. The van der Waals surface area contributed by atoms with Crippen LogP contribution in [0, 0.1) is 5.82 Å². The lowest BCUT2D eigenvalue weighted by atomic mass is 10.2. The fraction of sp³-hybridized carbons (Fsp3) is 0.222. The molecule has 0 bridgehead atoms. The Balaban J connectivity index is 1.53. The van der Waals surface area contributed by atoms with Crippen molar-refractivity contribution >= 4 is 11.6 Å². The molecule has 0 atom stereocenters. The Morgan fingerprint density at radius 2 is 1.88 bits per heavy atom. The van der Waals surface area contributed by atoms with Crippen LogP contribution in [0.25, 0.3) is 11.5 Å². The van der Waals surface area contributed by atoms with Crippen molar-refractivity contribution in [3.63, 3.8) is 0 Å². The zero-order valence-corrected chi connectivity index (χ0v) is 14.4. The van der Waals surface area contributed by atoms with Gasteiger partial charge in [0.15, 0.2) is 11.6 Å². The fourth-order valence-electron chi connectivity index (χ4n) is 2.24. The average molecular weight is 362 g/mol. The Hall–Kier alpha value is -2.44. The van der Waals surface area contributed by atoms with Gasteiger partial charge in [-0.2, -0.15) is 0 Å². The Kier molecular flexibility index (Phi) is 5.63. The minimum Gasteiger partial charge on any atom is -0.489 e. The molecule has 0 spiro atoms. The zero-order valence-electron chi connectivity index (χ0n) is 13.7. The van der Waals surface area contributed by atoms with Crippen molar-refractivity contribution in [1.82, 2.24) is 15.1 Å². The highest BCUT2D eigenvalue weighted by Gasteiger charge is 2.13. The molecule has 3 aromatic rings. The summed E-state index contributed by atoms with van der Waals surface area (Å²) in [5, 5.41) is 8.63. The molecule has 0 amide bonds. The SMILES string of the molecule is CN(CCOc1ccccc1F)Cc1nnc(-c2ccccc2Cl)o1. The van der Waals surface area contributed by atoms with Crippen LogP contribution in [0.3, 0.4) is 0 Å². The standard InChI is InChI=1S/C18H17ClFN3O2/c1-23(10-11-24-16-9-5-4-8-15(16)20)12-17-21-22-18(25-17)13-6-2-3-7-14(13)19/h2-9H,10-12H2,1H3. The first-order chi connectivity index (χ1) is 12.1. The summed E-state index contributed by atoms with van der Waals surface area (Å²) < 4.78 is 24.6. The average Bonchev–Trinajstić information content (AvgIpc) is 3.05. The monoisotopic (exact) mass is 361 g/mol. The van der Waals surface area contributed by atoms with Gasteiger partial charge in [-0.25, -0.2) is 4.39 Å². The molecule has 0 fully saturated rings. The molecule has 3 rings (SSSR count). The Bertz CT molecular complexity index is 840. The van der Waals surface area contributed by atoms with Gasteiger partial charge in [0.25, 0.3) is 0 Å². The number of rotatable bonds is 7. The molecule has 0 aliphatic rings. The number of ether oxygens (including phenoxy) is 1. The van der Waals surface area contributed by atoms with Crippen LogP contribution in [0.2, 0.25) is 5.02 Å². The van der Waals surface area contributed by atoms with Gasteiger partial charge in [-0.3, -0.25) is 4.90 Å². The van der Waals surface area contributed by atoms with E-state index in [1.165, 1.54) is 6.07 Å². The molecule has 2 aromatic carbocycles. The molecule has 5 nitrogen and oxygen atoms in total. The smallest absolute Gasteiger partial charge is 0.249 e. The van der Waals surface area contributed by atoms with Gasteiger partial charge in [-0.15, -0.1) is 10.2 Å². The third-order valence-corrected chi connectivity index (χ3v) is 3.87. The second kappa shape index (κ2) is 8.09. The first-order valence-electron chi connectivity index (χ1n) is 7.76. The second-order valence-electron chi connectivity index (χ2n) is 5.50. The van der Waals surface area contributed by atoms with Gasteiger partial charge in [0, 0.05) is 6.54 Å². The molecule has 0 saturated carbocycles. The minimum absolute atomic E-state index is 0.245. The molecule has 7 heteroatoms. The van der Waals surface area contributed by atoms with Crippen LogP contribution in [-0.2, 0) is 6.54 Å². The first-order valence-corrected chi connectivity index (χ1v) is 8.14. The maximum atomic E-state index is 13.5. The number of aromatic nitrogens is 2. The van der Waals surface area contributed by atoms with Gasteiger partial charge in [-0.1, -0.05) is 35.9 Å². The summed E-state index contributed by atoms with van der Waals surface area (Å²) in [6.07, 6.45) is 0. The highest BCUT2D eigenvalue weighted by atomic mass is 35.5. The maximum absolute atomic E-state index is 13.5. The van der Waals surface area contributed by atoms with E-state index >= 15 is 0 Å². The van der Waals surface area contributed by atoms with E-state index in [2.05, 4.69) is 10.2 Å². The van der Waals surface area contributed by atoms with Gasteiger partial charge in [0.05, 0.1) is 17.1 Å². The minimum atomic E-state index is -0.369. The van der Waals surface area contributed by atoms with Crippen LogP contribution in [-0.4, -0.2) is 35.3 Å². The van der Waals surface area contributed by atoms with Crippen LogP contribution >= 0.6 is 11.6 Å². The molecule has 0 aliphatic heterocycles. The quantitative estimate of drug-likeness (QED) is 0.635. The summed E-state index contributed by atoms with van der Waals surface area (Å²) in [5.74, 6) is 0.737. The van der Waals surface area contributed by atoms with Crippen molar-refractivity contribution in [3.05, 3.63) is 65.3 Å². The predicted octanol–water partition coefficient (Wildman–Crippen LogP) is 4.04. The van der Waals surface area contributed by atoms with Crippen molar-refractivity contribution in [2.75, 3.05) is 20.2 Å². The topological polar surface area (TPSA) is 51.4 Å². The van der Waals surface area contributed by atoms with Crippen molar-refractivity contribution < 1.29 is 13.5 Å². The van der Waals surface area contributed by atoms with E-state index < -0.39 is 0 Å². The van der Waals surface area contributed by atoms with E-state index in [1.807, 2.05) is 30.1 Å². The number of nitrogens with zero attached hydrogens (tertiary/aromatic N) is 3. The van der Waals surface area contributed by atoms with E-state index in [0.717, 1.165) is 0 Å². The number of hydrogen-bond donors (Lipinski definition) is 0.